The lowest BCUT2D eigenvalue weighted by molar-refractivity contribution is 0.321. The lowest BCUT2D eigenvalue weighted by atomic mass is 10.0. The number of hydrogen-bond acceptors (Lipinski definition) is 3. The first-order chi connectivity index (χ1) is 10.3. The van der Waals surface area contributed by atoms with Crippen LogP contribution < -0.4 is 5.32 Å². The second-order valence-corrected chi connectivity index (χ2v) is 7.03. The summed E-state index contributed by atoms with van der Waals surface area (Å²) in [5.41, 5.74) is 2.96. The van der Waals surface area contributed by atoms with Gasteiger partial charge in [0.05, 0.1) is 0 Å². The van der Waals surface area contributed by atoms with Crippen molar-refractivity contribution in [1.29, 1.82) is 0 Å². The summed E-state index contributed by atoms with van der Waals surface area (Å²) in [4.78, 5) is 3.84. The number of nitrogens with zero attached hydrogens (tertiary/aromatic N) is 1. The van der Waals surface area contributed by atoms with Crippen LogP contribution in [0.2, 0.25) is 0 Å². The van der Waals surface area contributed by atoms with Crippen LogP contribution in [0.25, 0.3) is 0 Å². The van der Waals surface area contributed by atoms with Crippen LogP contribution in [0.1, 0.15) is 28.8 Å². The Hall–Kier alpha value is -1.16. The van der Waals surface area contributed by atoms with Crippen LogP contribution in [0.5, 0.6) is 0 Å². The molecule has 0 unspecified atom stereocenters. The molecule has 1 heterocycles. The van der Waals surface area contributed by atoms with Crippen molar-refractivity contribution in [3.05, 3.63) is 57.8 Å². The van der Waals surface area contributed by atoms with Crippen LogP contribution >= 0.6 is 11.3 Å². The second-order valence-electron chi connectivity index (χ2n) is 6.00. The minimum Gasteiger partial charge on any atom is -0.314 e. The van der Waals surface area contributed by atoms with Crippen molar-refractivity contribution in [3.8, 4) is 0 Å². The van der Waals surface area contributed by atoms with E-state index in [2.05, 4.69) is 59.0 Å². The molecule has 2 aromatic rings. The largest absolute Gasteiger partial charge is 0.314 e. The zero-order valence-electron chi connectivity index (χ0n) is 12.7. The SMILES string of the molecule is CN(Cc1cccs1)Cc1ccccc1CCNC1CC1. The molecule has 3 rings (SSSR count). The van der Waals surface area contributed by atoms with Crippen LogP contribution in [-0.4, -0.2) is 24.5 Å². The third kappa shape index (κ3) is 4.67. The van der Waals surface area contributed by atoms with Gasteiger partial charge in [-0.3, -0.25) is 4.90 Å². The number of benzene rings is 1. The van der Waals surface area contributed by atoms with Crippen LogP contribution in [0.4, 0.5) is 0 Å². The van der Waals surface area contributed by atoms with Gasteiger partial charge in [0.15, 0.2) is 0 Å². The molecule has 1 saturated carbocycles. The average molecular weight is 300 g/mol. The van der Waals surface area contributed by atoms with E-state index in [1.54, 1.807) is 0 Å². The summed E-state index contributed by atoms with van der Waals surface area (Å²) in [6.07, 6.45) is 3.87. The molecule has 1 N–H and O–H groups in total. The molecule has 0 aliphatic heterocycles. The first-order valence-electron chi connectivity index (χ1n) is 7.82. The highest BCUT2D eigenvalue weighted by Crippen LogP contribution is 2.19. The predicted molar refractivity (Wildman–Crippen MR) is 90.7 cm³/mol. The fourth-order valence-electron chi connectivity index (χ4n) is 2.67. The Labute approximate surface area is 131 Å². The van der Waals surface area contributed by atoms with Crippen molar-refractivity contribution in [1.82, 2.24) is 10.2 Å². The van der Waals surface area contributed by atoms with Gasteiger partial charge in [-0.1, -0.05) is 30.3 Å². The Kier molecular flexibility index (Phi) is 5.07. The zero-order valence-corrected chi connectivity index (χ0v) is 13.5. The molecule has 1 aromatic heterocycles. The van der Waals surface area contributed by atoms with Gasteiger partial charge < -0.3 is 5.32 Å². The predicted octanol–water partition coefficient (Wildman–Crippen LogP) is 3.67. The van der Waals surface area contributed by atoms with E-state index < -0.39 is 0 Å². The molecule has 0 radical (unpaired) electrons. The fourth-order valence-corrected chi connectivity index (χ4v) is 3.45. The molecular weight excluding hydrogens is 276 g/mol. The van der Waals surface area contributed by atoms with Gasteiger partial charge in [-0.25, -0.2) is 0 Å². The van der Waals surface area contributed by atoms with Crippen molar-refractivity contribution in [2.24, 2.45) is 0 Å². The highest BCUT2D eigenvalue weighted by molar-refractivity contribution is 7.09. The van der Waals surface area contributed by atoms with E-state index in [1.165, 1.54) is 28.8 Å². The van der Waals surface area contributed by atoms with Crippen LogP contribution in [0, 0.1) is 0 Å². The Bertz CT molecular complexity index is 546. The van der Waals surface area contributed by atoms with Crippen molar-refractivity contribution >= 4 is 11.3 Å². The summed E-state index contributed by atoms with van der Waals surface area (Å²) >= 11 is 1.84. The van der Waals surface area contributed by atoms with E-state index in [0.717, 1.165) is 32.1 Å². The van der Waals surface area contributed by atoms with Gasteiger partial charge in [0.2, 0.25) is 0 Å². The summed E-state index contributed by atoms with van der Waals surface area (Å²) in [6, 6.07) is 14.0. The van der Waals surface area contributed by atoms with Gasteiger partial charge >= 0.3 is 0 Å². The molecule has 2 nitrogen and oxygen atoms in total. The minimum atomic E-state index is 0.804. The molecule has 0 amide bonds. The summed E-state index contributed by atoms with van der Waals surface area (Å²) in [5, 5.41) is 5.76. The molecule has 1 aliphatic rings. The van der Waals surface area contributed by atoms with E-state index in [1.807, 2.05) is 11.3 Å². The Morgan fingerprint density at radius 1 is 1.10 bits per heavy atom. The maximum Gasteiger partial charge on any atom is 0.0328 e. The number of hydrogen-bond donors (Lipinski definition) is 1. The lowest BCUT2D eigenvalue weighted by Gasteiger charge is -2.18. The summed E-state index contributed by atoms with van der Waals surface area (Å²) in [6.45, 7) is 3.17. The van der Waals surface area contributed by atoms with E-state index in [4.69, 9.17) is 0 Å². The lowest BCUT2D eigenvalue weighted by Crippen LogP contribution is -2.21. The van der Waals surface area contributed by atoms with Crippen molar-refractivity contribution in [2.75, 3.05) is 13.6 Å². The third-order valence-electron chi connectivity index (χ3n) is 3.97. The Balaban J connectivity index is 1.55. The molecule has 0 saturated heterocycles. The molecule has 1 aliphatic carbocycles. The van der Waals surface area contributed by atoms with Gasteiger partial charge in [-0.2, -0.15) is 0 Å². The number of nitrogens with one attached hydrogen (secondary N) is 1. The van der Waals surface area contributed by atoms with Crippen LogP contribution in [0.15, 0.2) is 41.8 Å². The summed E-state index contributed by atoms with van der Waals surface area (Å²) in [7, 11) is 2.21. The highest BCUT2D eigenvalue weighted by atomic mass is 32.1. The first-order valence-corrected chi connectivity index (χ1v) is 8.70. The number of rotatable bonds is 8. The normalized spacial score (nSPS) is 14.8. The van der Waals surface area contributed by atoms with E-state index in [0.29, 0.717) is 0 Å². The van der Waals surface area contributed by atoms with Crippen molar-refractivity contribution in [2.45, 2.75) is 38.4 Å². The quantitative estimate of drug-likeness (QED) is 0.800. The maximum absolute atomic E-state index is 3.61. The molecule has 0 atom stereocenters. The molecule has 0 bridgehead atoms. The molecule has 21 heavy (non-hydrogen) atoms. The van der Waals surface area contributed by atoms with Gasteiger partial charge in [-0.05, 0) is 55.4 Å². The zero-order chi connectivity index (χ0) is 14.5. The number of thiophene rings is 1. The average Bonchev–Trinajstić information content (AvgIpc) is 3.16. The van der Waals surface area contributed by atoms with Crippen molar-refractivity contribution < 1.29 is 0 Å². The minimum absolute atomic E-state index is 0.804. The van der Waals surface area contributed by atoms with Gasteiger partial charge in [-0.15, -0.1) is 11.3 Å². The molecule has 0 spiro atoms. The third-order valence-corrected chi connectivity index (χ3v) is 4.83. The molecular formula is C18H24N2S. The highest BCUT2D eigenvalue weighted by Gasteiger charge is 2.19. The molecule has 1 fully saturated rings. The molecule has 112 valence electrons. The monoisotopic (exact) mass is 300 g/mol. The second kappa shape index (κ2) is 7.21. The first kappa shape index (κ1) is 14.8. The summed E-state index contributed by atoms with van der Waals surface area (Å²) < 4.78 is 0. The Morgan fingerprint density at radius 2 is 1.90 bits per heavy atom. The van der Waals surface area contributed by atoms with Crippen LogP contribution in [0.3, 0.4) is 0 Å². The van der Waals surface area contributed by atoms with E-state index >= 15 is 0 Å². The van der Waals surface area contributed by atoms with E-state index in [9.17, 15) is 0 Å². The fraction of sp³-hybridized carbons (Fsp3) is 0.444. The molecule has 3 heteroatoms. The topological polar surface area (TPSA) is 15.3 Å². The van der Waals surface area contributed by atoms with E-state index in [-0.39, 0.29) is 0 Å². The van der Waals surface area contributed by atoms with Gasteiger partial charge in [0.25, 0.3) is 0 Å². The van der Waals surface area contributed by atoms with Crippen LogP contribution in [-0.2, 0) is 19.5 Å². The molecule has 1 aromatic carbocycles. The maximum atomic E-state index is 3.61. The van der Waals surface area contributed by atoms with Gasteiger partial charge in [0, 0.05) is 24.0 Å². The smallest absolute Gasteiger partial charge is 0.0328 e. The van der Waals surface area contributed by atoms with Crippen molar-refractivity contribution in [3.63, 3.8) is 0 Å². The standard InChI is InChI=1S/C18H24N2S/c1-20(14-18-7-4-12-21-18)13-16-6-3-2-5-15(16)10-11-19-17-8-9-17/h2-7,12,17,19H,8-11,13-14H2,1H3. The van der Waals surface area contributed by atoms with Gasteiger partial charge in [0.1, 0.15) is 0 Å². The Morgan fingerprint density at radius 3 is 2.62 bits per heavy atom. The summed E-state index contributed by atoms with van der Waals surface area (Å²) in [5.74, 6) is 0.